The van der Waals surface area contributed by atoms with Gasteiger partial charge in [0, 0.05) is 22.8 Å². The van der Waals surface area contributed by atoms with E-state index in [4.69, 9.17) is 17.3 Å². The molecule has 1 aliphatic rings. The van der Waals surface area contributed by atoms with E-state index in [2.05, 4.69) is 22.4 Å². The molecule has 1 aromatic carbocycles. The Labute approximate surface area is 129 Å². The van der Waals surface area contributed by atoms with Crippen molar-refractivity contribution in [3.8, 4) is 11.4 Å². The third kappa shape index (κ3) is 3.18. The molecule has 0 amide bonds. The van der Waals surface area contributed by atoms with E-state index < -0.39 is 0 Å². The molecule has 1 heterocycles. The van der Waals surface area contributed by atoms with Crippen molar-refractivity contribution in [3.05, 3.63) is 23.2 Å². The Morgan fingerprint density at radius 3 is 3.05 bits per heavy atom. The van der Waals surface area contributed by atoms with E-state index >= 15 is 0 Å². The lowest BCUT2D eigenvalue weighted by Gasteiger charge is -2.26. The Balaban J connectivity index is 1.85. The van der Waals surface area contributed by atoms with Crippen molar-refractivity contribution < 1.29 is 0 Å². The van der Waals surface area contributed by atoms with Crippen LogP contribution in [-0.4, -0.2) is 20.2 Å². The zero-order valence-corrected chi connectivity index (χ0v) is 12.9. The maximum absolute atomic E-state index is 6.06. The summed E-state index contributed by atoms with van der Waals surface area (Å²) in [6.45, 7) is 3.17. The van der Waals surface area contributed by atoms with Gasteiger partial charge in [0.2, 0.25) is 0 Å². The Morgan fingerprint density at radius 2 is 2.24 bits per heavy atom. The summed E-state index contributed by atoms with van der Waals surface area (Å²) >= 11 is 6.06. The van der Waals surface area contributed by atoms with E-state index in [-0.39, 0.29) is 0 Å². The predicted octanol–water partition coefficient (Wildman–Crippen LogP) is 3.40. The van der Waals surface area contributed by atoms with E-state index in [1.54, 1.807) is 12.1 Å². The molecule has 1 fully saturated rings. The summed E-state index contributed by atoms with van der Waals surface area (Å²) in [6, 6.07) is 5.39. The largest absolute Gasteiger partial charge is 0.398 e. The summed E-state index contributed by atoms with van der Waals surface area (Å²) in [7, 11) is 0. The number of hydrogen-bond acceptors (Lipinski definition) is 4. The van der Waals surface area contributed by atoms with Crippen molar-refractivity contribution in [2.45, 2.75) is 39.2 Å². The lowest BCUT2D eigenvalue weighted by atomic mass is 9.82. The smallest absolute Gasteiger partial charge is 0.184 e. The molecule has 2 atom stereocenters. The summed E-state index contributed by atoms with van der Waals surface area (Å²) in [5, 5.41) is 12.7. The van der Waals surface area contributed by atoms with Crippen LogP contribution < -0.4 is 5.73 Å². The molecule has 5 nitrogen and oxygen atoms in total. The van der Waals surface area contributed by atoms with E-state index in [9.17, 15) is 0 Å². The van der Waals surface area contributed by atoms with Crippen molar-refractivity contribution in [2.75, 3.05) is 5.73 Å². The van der Waals surface area contributed by atoms with Crippen molar-refractivity contribution in [1.29, 1.82) is 0 Å². The van der Waals surface area contributed by atoms with Crippen molar-refractivity contribution in [1.82, 2.24) is 20.2 Å². The Hall–Kier alpha value is -1.62. The monoisotopic (exact) mass is 305 g/mol. The van der Waals surface area contributed by atoms with Crippen LogP contribution in [0.4, 0.5) is 5.69 Å². The fourth-order valence-corrected chi connectivity index (χ4v) is 3.38. The normalized spacial score (nSPS) is 22.4. The number of anilines is 1. The Bertz CT molecular complexity index is 624. The van der Waals surface area contributed by atoms with Gasteiger partial charge in [-0.1, -0.05) is 31.4 Å². The van der Waals surface area contributed by atoms with E-state index in [1.807, 2.05) is 10.7 Å². The van der Waals surface area contributed by atoms with Crippen molar-refractivity contribution in [2.24, 2.45) is 11.8 Å². The number of nitrogens with two attached hydrogens (primary N) is 1. The van der Waals surface area contributed by atoms with Crippen LogP contribution in [0.15, 0.2) is 18.2 Å². The molecule has 6 heteroatoms. The molecule has 21 heavy (non-hydrogen) atoms. The molecule has 1 aliphatic carbocycles. The number of halogens is 1. The number of nitrogens with zero attached hydrogens (tertiary/aromatic N) is 4. The van der Waals surface area contributed by atoms with Gasteiger partial charge in [0.05, 0.1) is 0 Å². The highest BCUT2D eigenvalue weighted by molar-refractivity contribution is 6.31. The number of nitrogen functional groups attached to an aromatic ring is 1. The number of benzene rings is 1. The maximum atomic E-state index is 6.06. The first-order valence-corrected chi connectivity index (χ1v) is 7.83. The van der Waals surface area contributed by atoms with Crippen molar-refractivity contribution in [3.63, 3.8) is 0 Å². The molecule has 2 N–H and O–H groups in total. The Kier molecular flexibility index (Phi) is 4.10. The van der Waals surface area contributed by atoms with Gasteiger partial charge in [-0.05, 0) is 53.3 Å². The molecular formula is C15H20ClN5. The number of hydrogen-bond donors (Lipinski definition) is 1. The van der Waals surface area contributed by atoms with Crippen LogP contribution >= 0.6 is 11.6 Å². The first-order chi connectivity index (χ1) is 10.1. The van der Waals surface area contributed by atoms with E-state index in [0.717, 1.165) is 18.0 Å². The third-order valence-electron chi connectivity index (χ3n) is 4.26. The van der Waals surface area contributed by atoms with E-state index in [1.165, 1.54) is 25.7 Å². The lowest BCUT2D eigenvalue weighted by Crippen LogP contribution is -2.20. The van der Waals surface area contributed by atoms with Gasteiger partial charge >= 0.3 is 0 Å². The fourth-order valence-electron chi connectivity index (χ4n) is 3.21. The van der Waals surface area contributed by atoms with Crippen LogP contribution in [0.2, 0.25) is 5.02 Å². The Morgan fingerprint density at radius 1 is 1.38 bits per heavy atom. The molecule has 0 aliphatic heterocycles. The molecule has 0 radical (unpaired) electrons. The highest BCUT2D eigenvalue weighted by atomic mass is 35.5. The summed E-state index contributed by atoms with van der Waals surface area (Å²) < 4.78 is 1.87. The number of aromatic nitrogens is 4. The second kappa shape index (κ2) is 6.02. The fraction of sp³-hybridized carbons (Fsp3) is 0.533. The van der Waals surface area contributed by atoms with Crippen LogP contribution in [0.25, 0.3) is 11.4 Å². The van der Waals surface area contributed by atoms with Crippen LogP contribution in [-0.2, 0) is 6.54 Å². The van der Waals surface area contributed by atoms with Gasteiger partial charge < -0.3 is 5.73 Å². The minimum Gasteiger partial charge on any atom is -0.398 e. The molecule has 2 aromatic rings. The molecule has 3 rings (SSSR count). The minimum atomic E-state index is 0.636. The maximum Gasteiger partial charge on any atom is 0.184 e. The van der Waals surface area contributed by atoms with Crippen LogP contribution in [0.5, 0.6) is 0 Å². The van der Waals surface area contributed by atoms with Gasteiger partial charge in [-0.15, -0.1) is 5.10 Å². The summed E-state index contributed by atoms with van der Waals surface area (Å²) in [4.78, 5) is 0. The van der Waals surface area contributed by atoms with Gasteiger partial charge in [0.25, 0.3) is 0 Å². The quantitative estimate of drug-likeness (QED) is 0.882. The molecule has 1 aromatic heterocycles. The SMILES string of the molecule is CC1CCCC(Cn2nnnc2-c2cc(Cl)ccc2N)C1. The van der Waals surface area contributed by atoms with Crippen molar-refractivity contribution >= 4 is 17.3 Å². The predicted molar refractivity (Wildman–Crippen MR) is 83.8 cm³/mol. The topological polar surface area (TPSA) is 69.6 Å². The molecule has 112 valence electrons. The zero-order chi connectivity index (χ0) is 14.8. The first kappa shape index (κ1) is 14.3. The van der Waals surface area contributed by atoms with Gasteiger partial charge in [0.1, 0.15) is 0 Å². The third-order valence-corrected chi connectivity index (χ3v) is 4.50. The molecular weight excluding hydrogens is 286 g/mol. The molecule has 2 unspecified atom stereocenters. The second-order valence-corrected chi connectivity index (χ2v) is 6.49. The summed E-state index contributed by atoms with van der Waals surface area (Å²) in [6.07, 6.45) is 5.11. The highest BCUT2D eigenvalue weighted by Gasteiger charge is 2.22. The van der Waals surface area contributed by atoms with Gasteiger partial charge in [-0.25, -0.2) is 4.68 Å². The van der Waals surface area contributed by atoms with Gasteiger partial charge in [-0.3, -0.25) is 0 Å². The number of rotatable bonds is 3. The molecule has 1 saturated carbocycles. The van der Waals surface area contributed by atoms with Gasteiger partial charge in [0.15, 0.2) is 5.82 Å². The second-order valence-electron chi connectivity index (χ2n) is 6.05. The summed E-state index contributed by atoms with van der Waals surface area (Å²) in [5.41, 5.74) is 7.49. The van der Waals surface area contributed by atoms with Crippen LogP contribution in [0.1, 0.15) is 32.6 Å². The number of tetrazole rings is 1. The van der Waals surface area contributed by atoms with Crippen LogP contribution in [0.3, 0.4) is 0 Å². The average Bonchev–Trinajstić information content (AvgIpc) is 2.89. The minimum absolute atomic E-state index is 0.636. The summed E-state index contributed by atoms with van der Waals surface area (Å²) in [5.74, 6) is 2.13. The zero-order valence-electron chi connectivity index (χ0n) is 12.2. The average molecular weight is 306 g/mol. The first-order valence-electron chi connectivity index (χ1n) is 7.45. The lowest BCUT2D eigenvalue weighted by molar-refractivity contribution is 0.249. The molecule has 0 saturated heterocycles. The highest BCUT2D eigenvalue weighted by Crippen LogP contribution is 2.31. The van der Waals surface area contributed by atoms with Gasteiger partial charge in [-0.2, -0.15) is 0 Å². The molecule has 0 spiro atoms. The standard InChI is InChI=1S/C15H20ClN5/c1-10-3-2-4-11(7-10)9-21-15(18-19-20-21)13-8-12(16)5-6-14(13)17/h5-6,8,10-11H,2-4,7,9,17H2,1H3. The van der Waals surface area contributed by atoms with E-state index in [0.29, 0.717) is 22.5 Å². The van der Waals surface area contributed by atoms with Crippen LogP contribution in [0, 0.1) is 11.8 Å². The molecule has 0 bridgehead atoms.